The number of carbonyl (C=O) groups is 4. The maximum atomic E-state index is 11.2. The van der Waals surface area contributed by atoms with Crippen LogP contribution in [-0.4, -0.2) is 93.7 Å². The average molecular weight is 306 g/mol. The molecule has 0 aliphatic rings. The minimum absolute atomic E-state index is 0. The fourth-order valence-corrected chi connectivity index (χ4v) is 0.992. The molecule has 0 rings (SSSR count). The molecular weight excluding hydrogens is 292 g/mol. The molecule has 2 atom stereocenters. The van der Waals surface area contributed by atoms with Crippen LogP contribution in [0.1, 0.15) is 22.6 Å². The van der Waals surface area contributed by atoms with E-state index in [1.807, 2.05) is 0 Å². The van der Waals surface area contributed by atoms with Crippen LogP contribution in [0.15, 0.2) is 0 Å². The smallest absolute Gasteiger partial charge is 1.00 e. The van der Waals surface area contributed by atoms with Gasteiger partial charge in [0.05, 0.1) is 12.8 Å². The van der Waals surface area contributed by atoms with Crippen LogP contribution in [0.3, 0.4) is 0 Å². The molecular formula is C9H14CaO9. The van der Waals surface area contributed by atoms with Crippen molar-refractivity contribution in [3.63, 3.8) is 0 Å². The van der Waals surface area contributed by atoms with E-state index in [0.717, 1.165) is 6.92 Å². The quantitative estimate of drug-likeness (QED) is 0.325. The van der Waals surface area contributed by atoms with E-state index in [2.05, 4.69) is 4.74 Å². The number of carbonyl (C=O) groups excluding carboxylic acids is 1. The van der Waals surface area contributed by atoms with Crippen molar-refractivity contribution in [2.75, 3.05) is 0 Å². The number of carboxylic acid groups (broad SMARTS) is 3. The second-order valence-electron chi connectivity index (χ2n) is 3.55. The maximum absolute atomic E-state index is 11.2. The van der Waals surface area contributed by atoms with Gasteiger partial charge in [0.15, 0.2) is 11.7 Å². The van der Waals surface area contributed by atoms with Gasteiger partial charge in [-0.2, -0.15) is 0 Å². The van der Waals surface area contributed by atoms with Crippen molar-refractivity contribution in [3.05, 3.63) is 0 Å². The summed E-state index contributed by atoms with van der Waals surface area (Å²) >= 11 is 0. The molecule has 10 heteroatoms. The first-order valence-electron chi connectivity index (χ1n) is 4.68. The fraction of sp³-hybridized carbons (Fsp3) is 0.556. The average Bonchev–Trinajstić information content (AvgIpc) is 2.14. The molecule has 0 aliphatic heterocycles. The standard InChI is InChI=1S/C9H12O9.Ca.2H/c1-4(7(13)14)18-6(12)3-9(17,8(15)16)2-5(10)11;;;/h4,17H,2-3H2,1H3,(H,10,11)(H,13,14)(H,15,16);;;/q;+2;2*-1. The van der Waals surface area contributed by atoms with Crippen LogP contribution >= 0.6 is 0 Å². The van der Waals surface area contributed by atoms with Gasteiger partial charge >= 0.3 is 61.6 Å². The van der Waals surface area contributed by atoms with Crippen molar-refractivity contribution in [2.24, 2.45) is 0 Å². The van der Waals surface area contributed by atoms with Crippen molar-refractivity contribution >= 4 is 61.6 Å². The Hall–Kier alpha value is -0.900. The molecule has 0 fully saturated rings. The first-order chi connectivity index (χ1) is 8.08. The third-order valence-corrected chi connectivity index (χ3v) is 1.93. The van der Waals surface area contributed by atoms with Crippen LogP contribution < -0.4 is 0 Å². The van der Waals surface area contributed by atoms with E-state index in [1.54, 1.807) is 0 Å². The second-order valence-corrected chi connectivity index (χ2v) is 3.55. The fourth-order valence-electron chi connectivity index (χ4n) is 0.992. The number of hydrogen-bond acceptors (Lipinski definition) is 6. The van der Waals surface area contributed by atoms with Gasteiger partial charge in [-0.25, -0.2) is 9.59 Å². The number of esters is 1. The van der Waals surface area contributed by atoms with E-state index in [9.17, 15) is 24.3 Å². The van der Waals surface area contributed by atoms with Crippen molar-refractivity contribution in [2.45, 2.75) is 31.5 Å². The first-order valence-corrected chi connectivity index (χ1v) is 4.68. The van der Waals surface area contributed by atoms with Gasteiger partial charge in [-0.3, -0.25) is 9.59 Å². The molecule has 4 N–H and O–H groups in total. The Morgan fingerprint density at radius 3 is 1.95 bits per heavy atom. The number of rotatable bonds is 7. The zero-order valence-electron chi connectivity index (χ0n) is 12.0. The summed E-state index contributed by atoms with van der Waals surface area (Å²) in [7, 11) is 0. The largest absolute Gasteiger partial charge is 2.00 e. The first kappa shape index (κ1) is 20.4. The molecule has 9 nitrogen and oxygen atoms in total. The van der Waals surface area contributed by atoms with Crippen LogP contribution in [0.25, 0.3) is 0 Å². The summed E-state index contributed by atoms with van der Waals surface area (Å²) in [5, 5.41) is 34.9. The summed E-state index contributed by atoms with van der Waals surface area (Å²) in [5.74, 6) is -6.32. The van der Waals surface area contributed by atoms with E-state index in [1.165, 1.54) is 0 Å². The predicted molar refractivity (Wildman–Crippen MR) is 60.6 cm³/mol. The molecule has 0 bridgehead atoms. The Bertz CT molecular complexity index is 389. The molecule has 106 valence electrons. The molecule has 0 amide bonds. The van der Waals surface area contributed by atoms with Gasteiger partial charge in [0, 0.05) is 0 Å². The van der Waals surface area contributed by atoms with Gasteiger partial charge in [0.25, 0.3) is 0 Å². The molecule has 0 aromatic rings. The molecule has 0 aromatic carbocycles. The number of aliphatic carboxylic acids is 3. The molecule has 0 spiro atoms. The molecule has 19 heavy (non-hydrogen) atoms. The molecule has 0 aliphatic carbocycles. The Balaban J connectivity index is -0.000000482. The number of ether oxygens (including phenoxy) is 1. The van der Waals surface area contributed by atoms with Crippen molar-refractivity contribution < 1.29 is 47.2 Å². The summed E-state index contributed by atoms with van der Waals surface area (Å²) in [6.07, 6.45) is -3.90. The Morgan fingerprint density at radius 2 is 1.63 bits per heavy atom. The van der Waals surface area contributed by atoms with Gasteiger partial charge in [-0.1, -0.05) is 0 Å². The Labute approximate surface area is 140 Å². The summed E-state index contributed by atoms with van der Waals surface area (Å²) in [4.78, 5) is 42.6. The van der Waals surface area contributed by atoms with Crippen LogP contribution in [0, 0.1) is 0 Å². The molecule has 0 aromatic heterocycles. The summed E-state index contributed by atoms with van der Waals surface area (Å²) in [6.45, 7) is 1.03. The SMILES string of the molecule is CC(OC(=O)CC(O)(CC(=O)O)C(=O)O)C(=O)O.[Ca+2].[H-].[H-]. The van der Waals surface area contributed by atoms with Gasteiger partial charge in [0.1, 0.15) is 0 Å². The number of carboxylic acids is 3. The number of hydrogen-bond donors (Lipinski definition) is 4. The molecule has 0 saturated carbocycles. The topological polar surface area (TPSA) is 158 Å². The molecule has 0 radical (unpaired) electrons. The van der Waals surface area contributed by atoms with Gasteiger partial charge < -0.3 is 28.0 Å². The Morgan fingerprint density at radius 1 is 1.16 bits per heavy atom. The summed E-state index contributed by atoms with van der Waals surface area (Å²) in [5.41, 5.74) is -2.83. The van der Waals surface area contributed by atoms with E-state index in [0.29, 0.717) is 0 Å². The molecule has 2 unspecified atom stereocenters. The monoisotopic (exact) mass is 306 g/mol. The minimum atomic E-state index is -2.83. The second kappa shape index (κ2) is 8.31. The van der Waals surface area contributed by atoms with Gasteiger partial charge in [-0.05, 0) is 6.92 Å². The van der Waals surface area contributed by atoms with Crippen LogP contribution in [-0.2, 0) is 23.9 Å². The number of aliphatic hydroxyl groups is 1. The van der Waals surface area contributed by atoms with E-state index in [-0.39, 0.29) is 40.6 Å². The summed E-state index contributed by atoms with van der Waals surface area (Å²) in [6, 6.07) is 0. The zero-order valence-corrected chi connectivity index (χ0v) is 12.2. The minimum Gasteiger partial charge on any atom is -1.00 e. The van der Waals surface area contributed by atoms with E-state index < -0.39 is 48.4 Å². The normalized spacial score (nSPS) is 14.4. The van der Waals surface area contributed by atoms with Crippen molar-refractivity contribution in [1.82, 2.24) is 0 Å². The van der Waals surface area contributed by atoms with E-state index >= 15 is 0 Å². The Kier molecular flexibility index (Phi) is 8.93. The zero-order chi connectivity index (χ0) is 14.5. The third-order valence-electron chi connectivity index (χ3n) is 1.93. The van der Waals surface area contributed by atoms with Gasteiger partial charge in [-0.15, -0.1) is 0 Å². The van der Waals surface area contributed by atoms with Crippen LogP contribution in [0.5, 0.6) is 0 Å². The maximum Gasteiger partial charge on any atom is 2.00 e. The predicted octanol–water partition coefficient (Wildman–Crippen LogP) is -1.47. The van der Waals surface area contributed by atoms with Gasteiger partial charge in [0.2, 0.25) is 0 Å². The summed E-state index contributed by atoms with van der Waals surface area (Å²) < 4.78 is 4.28. The molecule has 0 saturated heterocycles. The van der Waals surface area contributed by atoms with Crippen molar-refractivity contribution in [3.8, 4) is 0 Å². The molecule has 0 heterocycles. The van der Waals surface area contributed by atoms with E-state index in [4.69, 9.17) is 15.3 Å². The van der Waals surface area contributed by atoms with Crippen molar-refractivity contribution in [1.29, 1.82) is 0 Å². The third kappa shape index (κ3) is 7.31. The van der Waals surface area contributed by atoms with Crippen LogP contribution in [0.4, 0.5) is 0 Å². The van der Waals surface area contributed by atoms with Crippen LogP contribution in [0.2, 0.25) is 0 Å².